The summed E-state index contributed by atoms with van der Waals surface area (Å²) in [4.78, 5) is 16.0. The van der Waals surface area contributed by atoms with E-state index < -0.39 is 0 Å². The third kappa shape index (κ3) is 5.94. The van der Waals surface area contributed by atoms with Crippen molar-refractivity contribution in [3.05, 3.63) is 67.9 Å². The van der Waals surface area contributed by atoms with Crippen molar-refractivity contribution in [1.29, 1.82) is 0 Å². The van der Waals surface area contributed by atoms with E-state index in [0.29, 0.717) is 33.7 Å². The van der Waals surface area contributed by atoms with Gasteiger partial charge in [-0.25, -0.2) is 0 Å². The van der Waals surface area contributed by atoms with Crippen molar-refractivity contribution in [2.75, 3.05) is 26.2 Å². The van der Waals surface area contributed by atoms with Crippen LogP contribution in [0.25, 0.3) is 5.52 Å². The lowest BCUT2D eigenvalue weighted by Crippen LogP contribution is -2.27. The molecule has 3 rings (SSSR count). The first-order valence-electron chi connectivity index (χ1n) is 11.6. The molecule has 7 heteroatoms. The highest BCUT2D eigenvalue weighted by molar-refractivity contribution is 9.10. The summed E-state index contributed by atoms with van der Waals surface area (Å²) in [5.41, 5.74) is 2.98. The number of hydrogen-bond donors (Lipinski definition) is 0. The van der Waals surface area contributed by atoms with E-state index in [4.69, 9.17) is 27.9 Å². The van der Waals surface area contributed by atoms with Gasteiger partial charge in [0, 0.05) is 22.8 Å². The number of pyridine rings is 1. The molecule has 0 radical (unpaired) electrons. The fourth-order valence-corrected chi connectivity index (χ4v) is 5.57. The van der Waals surface area contributed by atoms with E-state index >= 15 is 0 Å². The van der Waals surface area contributed by atoms with Crippen LogP contribution < -0.4 is 4.74 Å². The van der Waals surface area contributed by atoms with Crippen LogP contribution in [0.15, 0.2) is 41.0 Å². The minimum absolute atomic E-state index is 0.121. The fraction of sp³-hybridized carbons (Fsp3) is 0.423. The number of nitrogens with zero attached hydrogens (tertiary/aromatic N) is 2. The Morgan fingerprint density at radius 3 is 2.33 bits per heavy atom. The molecule has 0 saturated carbocycles. The van der Waals surface area contributed by atoms with E-state index in [1.165, 1.54) is 0 Å². The molecule has 0 bridgehead atoms. The molecule has 0 spiro atoms. The molecule has 4 nitrogen and oxygen atoms in total. The minimum atomic E-state index is -0.121. The third-order valence-electron chi connectivity index (χ3n) is 5.65. The van der Waals surface area contributed by atoms with Gasteiger partial charge < -0.3 is 14.0 Å². The number of carbonyl (C=O) groups excluding carboxylic acids is 1. The van der Waals surface area contributed by atoms with E-state index in [0.717, 1.165) is 60.9 Å². The summed E-state index contributed by atoms with van der Waals surface area (Å²) in [5, 5.41) is 0.700. The lowest BCUT2D eigenvalue weighted by Gasteiger charge is -2.21. The van der Waals surface area contributed by atoms with Crippen molar-refractivity contribution in [3.8, 4) is 5.75 Å². The normalized spacial score (nSPS) is 11.5. The van der Waals surface area contributed by atoms with Crippen molar-refractivity contribution in [2.45, 2.75) is 46.5 Å². The molecule has 0 N–H and O–H groups in total. The quantitative estimate of drug-likeness (QED) is 0.170. The Kier molecular flexibility index (Phi) is 9.69. The summed E-state index contributed by atoms with van der Waals surface area (Å²) in [6.07, 6.45) is 5.78. The molecule has 2 aromatic heterocycles. The van der Waals surface area contributed by atoms with Crippen LogP contribution in [0.3, 0.4) is 0 Å². The molecule has 0 fully saturated rings. The zero-order valence-corrected chi connectivity index (χ0v) is 22.6. The van der Waals surface area contributed by atoms with Crippen LogP contribution in [-0.4, -0.2) is 41.3 Å². The number of carbonyl (C=O) groups is 1. The van der Waals surface area contributed by atoms with Crippen LogP contribution in [0, 0.1) is 0 Å². The molecule has 0 atom stereocenters. The number of ether oxygens (including phenoxy) is 1. The van der Waals surface area contributed by atoms with Gasteiger partial charge >= 0.3 is 0 Å². The maximum absolute atomic E-state index is 13.5. The molecule has 0 unspecified atom stereocenters. The standard InChI is InChI=1S/C26H31BrCl2N2O2/c1-4-11-30(12-5-2)13-9-15-33-26-20(28)16-18(17-21(26)29)25(32)24-19(6-3)23(27)22-10-7-8-14-31(22)24/h7-8,10,14,16-17H,4-6,9,11-13,15H2,1-3H3. The largest absolute Gasteiger partial charge is 0.490 e. The third-order valence-corrected chi connectivity index (χ3v) is 7.10. The molecule has 3 aromatic rings. The molecular weight excluding hydrogens is 523 g/mol. The van der Waals surface area contributed by atoms with Gasteiger partial charge in [0.15, 0.2) is 5.75 Å². The second kappa shape index (κ2) is 12.3. The van der Waals surface area contributed by atoms with Crippen LogP contribution >= 0.6 is 39.1 Å². The van der Waals surface area contributed by atoms with Gasteiger partial charge in [0.2, 0.25) is 5.78 Å². The molecule has 33 heavy (non-hydrogen) atoms. The van der Waals surface area contributed by atoms with E-state index in [1.807, 2.05) is 35.7 Å². The summed E-state index contributed by atoms with van der Waals surface area (Å²) in [6.45, 7) is 10.1. The molecule has 0 aliphatic rings. The lowest BCUT2D eigenvalue weighted by atomic mass is 10.0. The fourth-order valence-electron chi connectivity index (χ4n) is 4.19. The van der Waals surface area contributed by atoms with Crippen LogP contribution in [0.1, 0.15) is 61.6 Å². The average Bonchev–Trinajstić information content (AvgIpc) is 3.09. The van der Waals surface area contributed by atoms with Crippen LogP contribution in [0.4, 0.5) is 0 Å². The molecule has 0 saturated heterocycles. The first-order chi connectivity index (χ1) is 15.9. The van der Waals surface area contributed by atoms with Crippen molar-refractivity contribution in [1.82, 2.24) is 9.30 Å². The Labute approximate surface area is 214 Å². The molecule has 0 aliphatic heterocycles. The summed E-state index contributed by atoms with van der Waals surface area (Å²) in [6, 6.07) is 9.16. The highest BCUT2D eigenvalue weighted by atomic mass is 79.9. The number of hydrogen-bond acceptors (Lipinski definition) is 3. The molecular formula is C26H31BrCl2N2O2. The predicted octanol–water partition coefficient (Wildman–Crippen LogP) is 7.69. The van der Waals surface area contributed by atoms with E-state index in [-0.39, 0.29) is 5.78 Å². The Morgan fingerprint density at radius 1 is 1.06 bits per heavy atom. The molecule has 0 aliphatic carbocycles. The number of halogens is 3. The predicted molar refractivity (Wildman–Crippen MR) is 142 cm³/mol. The zero-order chi connectivity index (χ0) is 24.0. The van der Waals surface area contributed by atoms with Crippen molar-refractivity contribution in [3.63, 3.8) is 0 Å². The molecule has 178 valence electrons. The number of rotatable bonds is 12. The molecule has 1 aromatic carbocycles. The van der Waals surface area contributed by atoms with Crippen LogP contribution in [0.5, 0.6) is 5.75 Å². The number of aromatic nitrogens is 1. The summed E-state index contributed by atoms with van der Waals surface area (Å²) in [5.74, 6) is 0.313. The summed E-state index contributed by atoms with van der Waals surface area (Å²) in [7, 11) is 0. The average molecular weight is 554 g/mol. The maximum atomic E-state index is 13.5. The van der Waals surface area contributed by atoms with Crippen LogP contribution in [0.2, 0.25) is 10.0 Å². The van der Waals surface area contributed by atoms with Crippen LogP contribution in [-0.2, 0) is 6.42 Å². The highest BCUT2D eigenvalue weighted by Crippen LogP contribution is 2.36. The van der Waals surface area contributed by atoms with Gasteiger partial charge in [-0.15, -0.1) is 0 Å². The minimum Gasteiger partial charge on any atom is -0.490 e. The van der Waals surface area contributed by atoms with Gasteiger partial charge in [-0.2, -0.15) is 0 Å². The summed E-state index contributed by atoms with van der Waals surface area (Å²) < 4.78 is 8.77. The SMILES string of the molecule is CCCN(CCC)CCCOc1c(Cl)cc(C(=O)c2c(CC)c(Br)c3ccccn23)cc1Cl. The van der Waals surface area contributed by atoms with Crippen molar-refractivity contribution >= 4 is 50.4 Å². The van der Waals surface area contributed by atoms with Gasteiger partial charge in [-0.05, 0) is 84.5 Å². The van der Waals surface area contributed by atoms with Crippen molar-refractivity contribution in [2.24, 2.45) is 0 Å². The Balaban J connectivity index is 1.78. The Morgan fingerprint density at radius 2 is 1.73 bits per heavy atom. The monoisotopic (exact) mass is 552 g/mol. The first kappa shape index (κ1) is 26.1. The zero-order valence-electron chi connectivity index (χ0n) is 19.5. The molecule has 0 amide bonds. The smallest absolute Gasteiger partial charge is 0.210 e. The van der Waals surface area contributed by atoms with E-state index in [9.17, 15) is 4.79 Å². The number of ketones is 1. The van der Waals surface area contributed by atoms with Crippen molar-refractivity contribution < 1.29 is 9.53 Å². The van der Waals surface area contributed by atoms with Gasteiger partial charge in [-0.3, -0.25) is 4.79 Å². The maximum Gasteiger partial charge on any atom is 0.210 e. The lowest BCUT2D eigenvalue weighted by molar-refractivity contribution is 0.103. The van der Waals surface area contributed by atoms with Gasteiger partial charge in [0.1, 0.15) is 0 Å². The van der Waals surface area contributed by atoms with Gasteiger partial charge in [0.25, 0.3) is 0 Å². The number of fused-ring (bicyclic) bond motifs is 1. The van der Waals surface area contributed by atoms with Gasteiger partial charge in [0.05, 0.1) is 27.9 Å². The first-order valence-corrected chi connectivity index (χ1v) is 13.1. The topological polar surface area (TPSA) is 34.0 Å². The second-order valence-electron chi connectivity index (χ2n) is 8.09. The van der Waals surface area contributed by atoms with E-state index in [2.05, 4.69) is 34.7 Å². The van der Waals surface area contributed by atoms with E-state index in [1.54, 1.807) is 12.1 Å². The number of benzene rings is 1. The molecule has 2 heterocycles. The van der Waals surface area contributed by atoms with Gasteiger partial charge in [-0.1, -0.05) is 50.0 Å². The summed E-state index contributed by atoms with van der Waals surface area (Å²) >= 11 is 16.7. The highest BCUT2D eigenvalue weighted by Gasteiger charge is 2.23. The Hall–Kier alpha value is -1.53. The Bertz CT molecular complexity index is 1080. The second-order valence-corrected chi connectivity index (χ2v) is 9.70.